The van der Waals surface area contributed by atoms with Crippen molar-refractivity contribution in [3.8, 4) is 11.8 Å². The van der Waals surface area contributed by atoms with Gasteiger partial charge in [-0.3, -0.25) is 4.79 Å². The van der Waals surface area contributed by atoms with Crippen molar-refractivity contribution in [3.05, 3.63) is 40.0 Å². The van der Waals surface area contributed by atoms with E-state index >= 15 is 0 Å². The number of aliphatic hydroxyl groups excluding tert-OH is 2. The molecular weight excluding hydrogens is 412 g/mol. The highest BCUT2D eigenvalue weighted by Crippen LogP contribution is 2.68. The van der Waals surface area contributed by atoms with Crippen LogP contribution in [0.25, 0.3) is 11.2 Å². The van der Waals surface area contributed by atoms with E-state index in [9.17, 15) is 15.0 Å². The smallest absolute Gasteiger partial charge is 0.163 e. The van der Waals surface area contributed by atoms with E-state index in [1.807, 2.05) is 36.6 Å². The van der Waals surface area contributed by atoms with Crippen LogP contribution in [0, 0.1) is 30.1 Å². The highest BCUT2D eigenvalue weighted by Gasteiger charge is 2.74. The van der Waals surface area contributed by atoms with Crippen LogP contribution in [0.5, 0.6) is 0 Å². The minimum Gasteiger partial charge on any atom is -0.389 e. The molecular formula is C23H24N4O3S. The average Bonchev–Trinajstić information content (AvgIpc) is 2.99. The number of imidazole rings is 1. The molecule has 3 heterocycles. The lowest BCUT2D eigenvalue weighted by Crippen LogP contribution is -2.36. The molecule has 2 saturated carbocycles. The summed E-state index contributed by atoms with van der Waals surface area (Å²) >= 11 is 1.63. The molecule has 0 aliphatic heterocycles. The third-order valence-electron chi connectivity index (χ3n) is 6.60. The lowest BCUT2D eigenvalue weighted by molar-refractivity contribution is -0.128. The zero-order valence-corrected chi connectivity index (χ0v) is 18.4. The lowest BCUT2D eigenvalue weighted by Gasteiger charge is -2.23. The molecule has 2 unspecified atom stereocenters. The van der Waals surface area contributed by atoms with Crippen molar-refractivity contribution < 1.29 is 15.0 Å². The Bertz CT molecular complexity index is 1250. The number of hydrogen-bond donors (Lipinski definition) is 3. The van der Waals surface area contributed by atoms with Crippen LogP contribution in [0.15, 0.2) is 24.5 Å². The second-order valence-electron chi connectivity index (χ2n) is 8.40. The first-order valence-electron chi connectivity index (χ1n) is 10.4. The number of aliphatic hydroxyl groups is 2. The van der Waals surface area contributed by atoms with Crippen LogP contribution in [0.3, 0.4) is 0 Å². The highest BCUT2D eigenvalue weighted by molar-refractivity contribution is 7.12. The van der Waals surface area contributed by atoms with Crippen LogP contribution in [0.2, 0.25) is 0 Å². The predicted octanol–water partition coefficient (Wildman–Crippen LogP) is 2.50. The molecule has 5 atom stereocenters. The third kappa shape index (κ3) is 2.99. The van der Waals surface area contributed by atoms with Gasteiger partial charge in [0, 0.05) is 11.4 Å². The van der Waals surface area contributed by atoms with Gasteiger partial charge in [-0.1, -0.05) is 0 Å². The van der Waals surface area contributed by atoms with Gasteiger partial charge in [-0.05, 0) is 63.1 Å². The Hall–Kier alpha value is -2.73. The van der Waals surface area contributed by atoms with E-state index in [0.29, 0.717) is 29.8 Å². The zero-order chi connectivity index (χ0) is 21.9. The number of pyridine rings is 1. The van der Waals surface area contributed by atoms with E-state index in [4.69, 9.17) is 4.98 Å². The molecule has 0 spiro atoms. The van der Waals surface area contributed by atoms with Gasteiger partial charge >= 0.3 is 0 Å². The molecule has 31 heavy (non-hydrogen) atoms. The largest absolute Gasteiger partial charge is 0.389 e. The van der Waals surface area contributed by atoms with Crippen molar-refractivity contribution in [2.45, 2.75) is 45.4 Å². The van der Waals surface area contributed by atoms with E-state index in [0.717, 1.165) is 10.6 Å². The van der Waals surface area contributed by atoms with Gasteiger partial charge in [0.1, 0.15) is 23.1 Å². The average molecular weight is 437 g/mol. The Balaban J connectivity index is 1.60. The fourth-order valence-corrected chi connectivity index (χ4v) is 5.73. The molecule has 8 heteroatoms. The number of nitrogens with one attached hydrogen (secondary N) is 1. The maximum atomic E-state index is 12.2. The Morgan fingerprint density at radius 2 is 2.19 bits per heavy atom. The van der Waals surface area contributed by atoms with Gasteiger partial charge in [0.2, 0.25) is 0 Å². The molecule has 0 saturated heterocycles. The summed E-state index contributed by atoms with van der Waals surface area (Å²) in [5, 5.41) is 24.7. The van der Waals surface area contributed by atoms with Gasteiger partial charge in [0.05, 0.1) is 34.5 Å². The molecule has 5 rings (SSSR count). The minimum absolute atomic E-state index is 0.0740. The molecule has 7 nitrogen and oxygen atoms in total. The standard InChI is InChI=1S/C23H24N4O3S/c1-4-24-17-9-14(6-8-15-7-5-12(2)31-15)26-22-18(17)25-11-27(22)19-16-10-23(16,13(3)28)21(30)20(19)29/h5,7,9,11,16,19-21,29-30H,4,10H2,1-3H3,(H,24,26)/t16?,19-,20+,21?,23-/m1/s1. The molecule has 0 amide bonds. The molecule has 3 aromatic rings. The number of ketones is 1. The number of thiophene rings is 1. The number of rotatable bonds is 4. The summed E-state index contributed by atoms with van der Waals surface area (Å²) in [5.74, 6) is 6.11. The fourth-order valence-electron chi connectivity index (χ4n) is 5.01. The summed E-state index contributed by atoms with van der Waals surface area (Å²) in [6.07, 6.45) is 0.0966. The highest BCUT2D eigenvalue weighted by atomic mass is 32.1. The molecule has 0 aromatic carbocycles. The summed E-state index contributed by atoms with van der Waals surface area (Å²) in [6, 6.07) is 5.46. The number of hydrogen-bond acceptors (Lipinski definition) is 7. The van der Waals surface area contributed by atoms with Crippen molar-refractivity contribution in [3.63, 3.8) is 0 Å². The summed E-state index contributed by atoms with van der Waals surface area (Å²) < 4.78 is 1.81. The second kappa shape index (κ2) is 7.16. The maximum absolute atomic E-state index is 12.2. The molecule has 2 aliphatic rings. The number of nitrogens with zero attached hydrogens (tertiary/aromatic N) is 3. The molecule has 2 aliphatic carbocycles. The SMILES string of the molecule is CCNc1cc(C#Cc2ccc(C)s2)nc2c1ncn2[C@@H]1C2C[C@]2(C(C)=O)C(O)[C@H]1O. The predicted molar refractivity (Wildman–Crippen MR) is 119 cm³/mol. The van der Waals surface area contributed by atoms with Gasteiger partial charge in [-0.25, -0.2) is 9.97 Å². The monoisotopic (exact) mass is 436 g/mol. The Labute approximate surface area is 184 Å². The minimum atomic E-state index is -1.07. The third-order valence-corrected chi connectivity index (χ3v) is 7.52. The van der Waals surface area contributed by atoms with Gasteiger partial charge in [0.25, 0.3) is 0 Å². The summed E-state index contributed by atoms with van der Waals surface area (Å²) in [4.78, 5) is 23.7. The van der Waals surface area contributed by atoms with Crippen LogP contribution in [-0.2, 0) is 4.79 Å². The van der Waals surface area contributed by atoms with Gasteiger partial charge in [0.15, 0.2) is 5.65 Å². The van der Waals surface area contributed by atoms with Crippen molar-refractivity contribution in [2.75, 3.05) is 11.9 Å². The number of aromatic nitrogens is 3. The molecule has 0 bridgehead atoms. The van der Waals surface area contributed by atoms with Crippen LogP contribution >= 0.6 is 11.3 Å². The molecule has 160 valence electrons. The summed E-state index contributed by atoms with van der Waals surface area (Å²) in [7, 11) is 0. The van der Waals surface area contributed by atoms with Crippen LogP contribution < -0.4 is 5.32 Å². The van der Waals surface area contributed by atoms with Crippen LogP contribution in [0.4, 0.5) is 5.69 Å². The number of carbonyl (C=O) groups is 1. The van der Waals surface area contributed by atoms with Crippen LogP contribution in [0.1, 0.15) is 41.8 Å². The van der Waals surface area contributed by atoms with Crippen molar-refractivity contribution in [2.24, 2.45) is 11.3 Å². The van der Waals surface area contributed by atoms with Crippen LogP contribution in [-0.4, -0.2) is 49.3 Å². The number of Topliss-reactive ketones (excluding diaryl/α,β-unsaturated/α-hetero) is 1. The van der Waals surface area contributed by atoms with Gasteiger partial charge in [-0.15, -0.1) is 11.3 Å². The molecule has 3 N–H and O–H groups in total. The fraction of sp³-hybridized carbons (Fsp3) is 0.435. The Morgan fingerprint density at radius 1 is 1.39 bits per heavy atom. The Kier molecular flexibility index (Phi) is 4.66. The molecule has 3 aromatic heterocycles. The lowest BCUT2D eigenvalue weighted by atomic mass is 9.95. The van der Waals surface area contributed by atoms with E-state index in [-0.39, 0.29) is 11.7 Å². The number of anilines is 1. The number of aryl methyl sites for hydroxylation is 1. The summed E-state index contributed by atoms with van der Waals surface area (Å²) in [6.45, 7) is 6.25. The molecule has 2 fully saturated rings. The molecule has 0 radical (unpaired) electrons. The van der Waals surface area contributed by atoms with E-state index < -0.39 is 23.7 Å². The van der Waals surface area contributed by atoms with E-state index in [2.05, 4.69) is 22.1 Å². The normalized spacial score (nSPS) is 28.8. The summed E-state index contributed by atoms with van der Waals surface area (Å²) in [5.41, 5.74) is 1.84. The van der Waals surface area contributed by atoms with E-state index in [1.165, 1.54) is 11.8 Å². The first-order valence-corrected chi connectivity index (χ1v) is 11.3. The first kappa shape index (κ1) is 20.2. The van der Waals surface area contributed by atoms with Crippen molar-refractivity contribution in [1.82, 2.24) is 14.5 Å². The maximum Gasteiger partial charge on any atom is 0.163 e. The second-order valence-corrected chi connectivity index (χ2v) is 9.69. The number of fused-ring (bicyclic) bond motifs is 2. The Morgan fingerprint density at radius 3 is 2.84 bits per heavy atom. The first-order chi connectivity index (χ1) is 14.9. The topological polar surface area (TPSA) is 100 Å². The quantitative estimate of drug-likeness (QED) is 0.544. The zero-order valence-electron chi connectivity index (χ0n) is 17.6. The number of carbonyl (C=O) groups excluding carboxylic acids is 1. The van der Waals surface area contributed by atoms with Gasteiger partial charge in [-0.2, -0.15) is 0 Å². The van der Waals surface area contributed by atoms with Crippen molar-refractivity contribution in [1.29, 1.82) is 0 Å². The van der Waals surface area contributed by atoms with Crippen molar-refractivity contribution >= 4 is 34.0 Å². The van der Waals surface area contributed by atoms with Gasteiger partial charge < -0.3 is 20.1 Å². The van der Waals surface area contributed by atoms with E-state index in [1.54, 1.807) is 17.7 Å².